The zero-order chi connectivity index (χ0) is 17.7. The number of rotatable bonds is 6. The first kappa shape index (κ1) is 18.3. The highest BCUT2D eigenvalue weighted by Crippen LogP contribution is 2.23. The summed E-state index contributed by atoms with van der Waals surface area (Å²) < 4.78 is 0. The van der Waals surface area contributed by atoms with E-state index in [0.29, 0.717) is 19.5 Å². The summed E-state index contributed by atoms with van der Waals surface area (Å²) in [7, 11) is 4.18. The largest absolute Gasteiger partial charge is 0.340 e. The molecule has 1 atom stereocenters. The highest BCUT2D eigenvalue weighted by molar-refractivity contribution is 5.96. The van der Waals surface area contributed by atoms with Gasteiger partial charge in [-0.1, -0.05) is 6.07 Å². The van der Waals surface area contributed by atoms with Crippen molar-refractivity contribution < 1.29 is 14.5 Å². The molecule has 24 heavy (non-hydrogen) atoms. The Morgan fingerprint density at radius 3 is 2.71 bits per heavy atom. The molecule has 1 aliphatic rings. The first-order valence-electron chi connectivity index (χ1n) is 8.58. The van der Waals surface area contributed by atoms with E-state index in [1.807, 2.05) is 25.1 Å². The molecule has 0 radical (unpaired) electrons. The molecule has 0 aromatic heterocycles. The number of hydrogen-bond acceptors (Lipinski definition) is 2. The Bertz CT molecular complexity index is 601. The Labute approximate surface area is 144 Å². The van der Waals surface area contributed by atoms with Gasteiger partial charge in [-0.15, -0.1) is 0 Å². The first-order valence-corrected chi connectivity index (χ1v) is 8.58. The van der Waals surface area contributed by atoms with Crippen molar-refractivity contribution in [2.45, 2.75) is 32.7 Å². The molecule has 2 rings (SSSR count). The average Bonchev–Trinajstić information content (AvgIpc) is 2.87. The molecule has 1 aromatic rings. The van der Waals surface area contributed by atoms with Crippen LogP contribution >= 0.6 is 0 Å². The summed E-state index contributed by atoms with van der Waals surface area (Å²) in [5.41, 5.74) is 3.28. The molecule has 132 valence electrons. The van der Waals surface area contributed by atoms with E-state index < -0.39 is 0 Å². The fourth-order valence-electron chi connectivity index (χ4n) is 2.83. The van der Waals surface area contributed by atoms with Gasteiger partial charge in [0.1, 0.15) is 0 Å². The summed E-state index contributed by atoms with van der Waals surface area (Å²) in [4.78, 5) is 27.3. The van der Waals surface area contributed by atoms with Crippen molar-refractivity contribution in [2.75, 3.05) is 38.6 Å². The maximum absolute atomic E-state index is 12.2. The summed E-state index contributed by atoms with van der Waals surface area (Å²) >= 11 is 0. The zero-order valence-electron chi connectivity index (χ0n) is 15.1. The SMILES string of the molecule is Cc1ccc(N2C[C@H](NC(=O)NCCC[NH+](C)C)CC2=O)cc1C. The summed E-state index contributed by atoms with van der Waals surface area (Å²) in [5, 5.41) is 5.76. The molecule has 1 aliphatic heterocycles. The molecule has 0 bridgehead atoms. The van der Waals surface area contributed by atoms with Gasteiger partial charge in [-0.3, -0.25) is 4.79 Å². The van der Waals surface area contributed by atoms with E-state index in [1.54, 1.807) is 4.90 Å². The number of carbonyl (C=O) groups excluding carboxylic acids is 2. The molecule has 1 heterocycles. The van der Waals surface area contributed by atoms with Gasteiger partial charge >= 0.3 is 6.03 Å². The quantitative estimate of drug-likeness (QED) is 0.653. The predicted octanol–water partition coefficient (Wildman–Crippen LogP) is 0.243. The van der Waals surface area contributed by atoms with Crippen molar-refractivity contribution in [2.24, 2.45) is 0 Å². The van der Waals surface area contributed by atoms with Gasteiger partial charge in [0, 0.05) is 31.6 Å². The normalized spacial score (nSPS) is 17.5. The van der Waals surface area contributed by atoms with Crippen LogP contribution < -0.4 is 20.4 Å². The Morgan fingerprint density at radius 1 is 1.29 bits per heavy atom. The smallest absolute Gasteiger partial charge is 0.315 e. The summed E-state index contributed by atoms with van der Waals surface area (Å²) in [6.07, 6.45) is 1.29. The number of anilines is 1. The van der Waals surface area contributed by atoms with Crippen molar-refractivity contribution in [1.29, 1.82) is 0 Å². The number of nitrogens with one attached hydrogen (secondary N) is 3. The van der Waals surface area contributed by atoms with E-state index >= 15 is 0 Å². The van der Waals surface area contributed by atoms with Crippen LogP contribution in [0.3, 0.4) is 0 Å². The van der Waals surface area contributed by atoms with Crippen molar-refractivity contribution in [3.8, 4) is 0 Å². The van der Waals surface area contributed by atoms with Crippen molar-refractivity contribution in [3.63, 3.8) is 0 Å². The molecule has 0 unspecified atom stereocenters. The number of aryl methyl sites for hydroxylation is 2. The molecule has 1 aromatic carbocycles. The van der Waals surface area contributed by atoms with Crippen LogP contribution in [-0.4, -0.2) is 51.7 Å². The van der Waals surface area contributed by atoms with Crippen molar-refractivity contribution in [3.05, 3.63) is 29.3 Å². The van der Waals surface area contributed by atoms with Gasteiger partial charge < -0.3 is 20.4 Å². The molecule has 1 saturated heterocycles. The van der Waals surface area contributed by atoms with Crippen LogP contribution in [0.25, 0.3) is 0 Å². The molecule has 0 saturated carbocycles. The number of carbonyl (C=O) groups is 2. The molecule has 6 nitrogen and oxygen atoms in total. The maximum atomic E-state index is 12.2. The highest BCUT2D eigenvalue weighted by atomic mass is 16.2. The fourth-order valence-corrected chi connectivity index (χ4v) is 2.83. The van der Waals surface area contributed by atoms with Gasteiger partial charge in [0.05, 0.1) is 26.7 Å². The molecular formula is C18H29N4O2+. The van der Waals surface area contributed by atoms with E-state index in [4.69, 9.17) is 0 Å². The van der Waals surface area contributed by atoms with Crippen LogP contribution in [0.1, 0.15) is 24.0 Å². The van der Waals surface area contributed by atoms with Gasteiger partial charge in [0.2, 0.25) is 5.91 Å². The average molecular weight is 333 g/mol. The number of nitrogens with zero attached hydrogens (tertiary/aromatic N) is 1. The summed E-state index contributed by atoms with van der Waals surface area (Å²) in [5.74, 6) is 0.0553. The van der Waals surface area contributed by atoms with Crippen molar-refractivity contribution in [1.82, 2.24) is 10.6 Å². The van der Waals surface area contributed by atoms with E-state index in [0.717, 1.165) is 24.2 Å². The molecule has 3 amide bonds. The Morgan fingerprint density at radius 2 is 2.04 bits per heavy atom. The van der Waals surface area contributed by atoms with Crippen LogP contribution in [-0.2, 0) is 4.79 Å². The third-order valence-corrected chi connectivity index (χ3v) is 4.40. The van der Waals surface area contributed by atoms with Gasteiger partial charge in [-0.05, 0) is 37.1 Å². The van der Waals surface area contributed by atoms with Gasteiger partial charge in [0.25, 0.3) is 0 Å². The zero-order valence-corrected chi connectivity index (χ0v) is 15.1. The second-order valence-corrected chi connectivity index (χ2v) is 6.88. The Kier molecular flexibility index (Phi) is 6.20. The van der Waals surface area contributed by atoms with Crippen LogP contribution in [0.15, 0.2) is 18.2 Å². The molecule has 1 fully saturated rings. The van der Waals surface area contributed by atoms with E-state index in [9.17, 15) is 9.59 Å². The Hall–Kier alpha value is -2.08. The number of hydrogen-bond donors (Lipinski definition) is 3. The van der Waals surface area contributed by atoms with E-state index in [1.165, 1.54) is 10.5 Å². The topological polar surface area (TPSA) is 65.9 Å². The number of quaternary nitrogens is 1. The third-order valence-electron chi connectivity index (χ3n) is 4.40. The molecule has 0 spiro atoms. The minimum Gasteiger partial charge on any atom is -0.340 e. The number of benzene rings is 1. The van der Waals surface area contributed by atoms with E-state index in [2.05, 4.69) is 31.7 Å². The van der Waals surface area contributed by atoms with Gasteiger partial charge in [-0.2, -0.15) is 0 Å². The number of amides is 3. The monoisotopic (exact) mass is 333 g/mol. The second-order valence-electron chi connectivity index (χ2n) is 6.88. The summed E-state index contributed by atoms with van der Waals surface area (Å²) in [6, 6.07) is 5.69. The summed E-state index contributed by atoms with van der Waals surface area (Å²) in [6.45, 7) is 6.29. The van der Waals surface area contributed by atoms with E-state index in [-0.39, 0.29) is 18.0 Å². The molecule has 0 aliphatic carbocycles. The predicted molar refractivity (Wildman–Crippen MR) is 95.5 cm³/mol. The van der Waals surface area contributed by atoms with Crippen LogP contribution in [0, 0.1) is 13.8 Å². The molecule has 3 N–H and O–H groups in total. The maximum Gasteiger partial charge on any atom is 0.315 e. The molecule has 6 heteroatoms. The fraction of sp³-hybridized carbons (Fsp3) is 0.556. The Balaban J connectivity index is 1.83. The lowest BCUT2D eigenvalue weighted by Gasteiger charge is -2.18. The second kappa shape index (κ2) is 8.15. The number of urea groups is 1. The van der Waals surface area contributed by atoms with Crippen LogP contribution in [0.5, 0.6) is 0 Å². The van der Waals surface area contributed by atoms with Gasteiger partial charge in [-0.25, -0.2) is 4.79 Å². The van der Waals surface area contributed by atoms with Crippen LogP contribution in [0.4, 0.5) is 10.5 Å². The first-order chi connectivity index (χ1) is 11.4. The molecular weight excluding hydrogens is 304 g/mol. The highest BCUT2D eigenvalue weighted by Gasteiger charge is 2.31. The van der Waals surface area contributed by atoms with Crippen LogP contribution in [0.2, 0.25) is 0 Å². The minimum atomic E-state index is -0.191. The van der Waals surface area contributed by atoms with Crippen molar-refractivity contribution >= 4 is 17.6 Å². The lowest BCUT2D eigenvalue weighted by Crippen LogP contribution is -3.05. The van der Waals surface area contributed by atoms with Gasteiger partial charge in [0.15, 0.2) is 0 Å². The minimum absolute atomic E-state index is 0.0553. The lowest BCUT2D eigenvalue weighted by molar-refractivity contribution is -0.858. The lowest BCUT2D eigenvalue weighted by atomic mass is 10.1. The third kappa shape index (κ3) is 4.96. The standard InChI is InChI=1S/C18H28N4O2/c1-13-6-7-16(10-14(13)2)22-12-15(11-17(22)23)20-18(24)19-8-5-9-21(3)4/h6-7,10,15H,5,8-9,11-12H2,1-4H3,(H2,19,20,24)/p+1/t15-/m1/s1.